The SMILES string of the molecule is CC1(C)[C@@H](NC(=O)c2sccc2Br)C[C@@H]1O. The van der Waals surface area contributed by atoms with Crippen molar-refractivity contribution in [2.24, 2.45) is 5.41 Å². The Morgan fingerprint density at radius 1 is 1.69 bits per heavy atom. The Balaban J connectivity index is 2.02. The molecule has 0 unspecified atom stereocenters. The summed E-state index contributed by atoms with van der Waals surface area (Å²) in [4.78, 5) is 12.6. The molecule has 0 aliphatic heterocycles. The summed E-state index contributed by atoms with van der Waals surface area (Å²) in [6.07, 6.45) is 0.325. The Morgan fingerprint density at radius 2 is 2.38 bits per heavy atom. The Morgan fingerprint density at radius 3 is 2.81 bits per heavy atom. The minimum atomic E-state index is -0.315. The topological polar surface area (TPSA) is 49.3 Å². The summed E-state index contributed by atoms with van der Waals surface area (Å²) < 4.78 is 0.827. The van der Waals surface area contributed by atoms with Crippen molar-refractivity contribution < 1.29 is 9.90 Å². The summed E-state index contributed by atoms with van der Waals surface area (Å²) in [5.41, 5.74) is -0.223. The highest BCUT2D eigenvalue weighted by Crippen LogP contribution is 2.40. The molecule has 1 fully saturated rings. The van der Waals surface area contributed by atoms with Crippen molar-refractivity contribution >= 4 is 33.2 Å². The van der Waals surface area contributed by atoms with Crippen LogP contribution in [0.2, 0.25) is 0 Å². The molecule has 3 nitrogen and oxygen atoms in total. The van der Waals surface area contributed by atoms with Gasteiger partial charge in [-0.25, -0.2) is 0 Å². The zero-order chi connectivity index (χ0) is 11.9. The molecule has 0 radical (unpaired) electrons. The highest BCUT2D eigenvalue weighted by atomic mass is 79.9. The van der Waals surface area contributed by atoms with Gasteiger partial charge in [-0.2, -0.15) is 0 Å². The largest absolute Gasteiger partial charge is 0.392 e. The Kier molecular flexibility index (Phi) is 3.11. The van der Waals surface area contributed by atoms with Gasteiger partial charge >= 0.3 is 0 Å². The number of halogens is 1. The van der Waals surface area contributed by atoms with E-state index in [1.165, 1.54) is 11.3 Å². The van der Waals surface area contributed by atoms with E-state index in [-0.39, 0.29) is 23.5 Å². The van der Waals surface area contributed by atoms with Crippen LogP contribution in [0.3, 0.4) is 0 Å². The number of rotatable bonds is 2. The van der Waals surface area contributed by atoms with E-state index in [1.807, 2.05) is 25.3 Å². The third kappa shape index (κ3) is 1.92. The molecular formula is C11H14BrNO2S. The van der Waals surface area contributed by atoms with Crippen molar-refractivity contribution in [3.8, 4) is 0 Å². The fourth-order valence-electron chi connectivity index (χ4n) is 1.83. The number of nitrogens with one attached hydrogen (secondary N) is 1. The molecule has 1 saturated carbocycles. The van der Waals surface area contributed by atoms with Crippen LogP contribution < -0.4 is 5.32 Å². The summed E-state index contributed by atoms with van der Waals surface area (Å²) in [7, 11) is 0. The van der Waals surface area contributed by atoms with Crippen molar-refractivity contribution in [2.75, 3.05) is 0 Å². The number of amides is 1. The Hall–Kier alpha value is -0.390. The van der Waals surface area contributed by atoms with E-state index in [1.54, 1.807) is 0 Å². The van der Waals surface area contributed by atoms with E-state index in [0.29, 0.717) is 11.3 Å². The first-order valence-electron chi connectivity index (χ1n) is 5.15. The number of hydrogen-bond donors (Lipinski definition) is 2. The second-order valence-electron chi connectivity index (χ2n) is 4.70. The van der Waals surface area contributed by atoms with Gasteiger partial charge in [0, 0.05) is 15.9 Å². The van der Waals surface area contributed by atoms with Crippen molar-refractivity contribution in [1.82, 2.24) is 5.32 Å². The fourth-order valence-corrected chi connectivity index (χ4v) is 3.28. The summed E-state index contributed by atoms with van der Waals surface area (Å²) in [6.45, 7) is 3.94. The van der Waals surface area contributed by atoms with Crippen LogP contribution in [0.4, 0.5) is 0 Å². The number of aliphatic hydroxyl groups is 1. The number of thiophene rings is 1. The van der Waals surface area contributed by atoms with E-state index in [0.717, 1.165) is 4.47 Å². The van der Waals surface area contributed by atoms with Crippen LogP contribution >= 0.6 is 27.3 Å². The van der Waals surface area contributed by atoms with Crippen LogP contribution in [0, 0.1) is 5.41 Å². The first kappa shape index (κ1) is 12.1. The number of aliphatic hydroxyl groups excluding tert-OH is 1. The standard InChI is InChI=1S/C11H14BrNO2S/c1-11(2)7(5-8(11)14)13-10(15)9-6(12)3-4-16-9/h3-4,7-8,14H,5H2,1-2H3,(H,13,15)/t7-,8-/m0/s1. The minimum Gasteiger partial charge on any atom is -0.392 e. The molecule has 0 saturated heterocycles. The molecule has 1 aliphatic rings. The first-order chi connectivity index (χ1) is 7.43. The number of carbonyl (C=O) groups excluding carboxylic acids is 1. The zero-order valence-electron chi connectivity index (χ0n) is 9.16. The summed E-state index contributed by atoms with van der Waals surface area (Å²) in [6, 6.07) is 1.92. The van der Waals surface area contributed by atoms with Crippen molar-refractivity contribution in [3.05, 3.63) is 20.8 Å². The van der Waals surface area contributed by atoms with Crippen molar-refractivity contribution in [2.45, 2.75) is 32.4 Å². The summed E-state index contributed by atoms with van der Waals surface area (Å²) in [5, 5.41) is 14.4. The average molecular weight is 304 g/mol. The normalized spacial score (nSPS) is 27.2. The smallest absolute Gasteiger partial charge is 0.262 e. The van der Waals surface area contributed by atoms with Gasteiger partial charge in [-0.15, -0.1) is 11.3 Å². The van der Waals surface area contributed by atoms with Gasteiger partial charge in [0.1, 0.15) is 4.88 Å². The van der Waals surface area contributed by atoms with Crippen LogP contribution in [0.5, 0.6) is 0 Å². The monoisotopic (exact) mass is 303 g/mol. The molecule has 2 rings (SSSR count). The second-order valence-corrected chi connectivity index (χ2v) is 6.47. The third-order valence-corrected chi connectivity index (χ3v) is 5.18. The predicted molar refractivity (Wildman–Crippen MR) is 67.7 cm³/mol. The zero-order valence-corrected chi connectivity index (χ0v) is 11.6. The van der Waals surface area contributed by atoms with Gasteiger partial charge in [-0.1, -0.05) is 13.8 Å². The molecular weight excluding hydrogens is 290 g/mol. The number of carbonyl (C=O) groups is 1. The lowest BCUT2D eigenvalue weighted by Gasteiger charge is -2.49. The lowest BCUT2D eigenvalue weighted by molar-refractivity contribution is -0.0689. The van der Waals surface area contributed by atoms with E-state index < -0.39 is 0 Å². The molecule has 5 heteroatoms. The molecule has 0 bridgehead atoms. The van der Waals surface area contributed by atoms with Gasteiger partial charge < -0.3 is 10.4 Å². The molecule has 1 heterocycles. The van der Waals surface area contributed by atoms with Crippen LogP contribution in [0.25, 0.3) is 0 Å². The molecule has 2 atom stereocenters. The van der Waals surface area contributed by atoms with Gasteiger partial charge in [0.25, 0.3) is 5.91 Å². The molecule has 1 amide bonds. The van der Waals surface area contributed by atoms with Gasteiger partial charge in [-0.05, 0) is 33.8 Å². The van der Waals surface area contributed by atoms with Crippen LogP contribution in [-0.4, -0.2) is 23.2 Å². The molecule has 0 spiro atoms. The van der Waals surface area contributed by atoms with Gasteiger partial charge in [0.2, 0.25) is 0 Å². The van der Waals surface area contributed by atoms with Crippen LogP contribution in [0.1, 0.15) is 29.9 Å². The maximum absolute atomic E-state index is 11.9. The molecule has 2 N–H and O–H groups in total. The van der Waals surface area contributed by atoms with Gasteiger partial charge in [0.15, 0.2) is 0 Å². The first-order valence-corrected chi connectivity index (χ1v) is 6.82. The van der Waals surface area contributed by atoms with Gasteiger partial charge in [-0.3, -0.25) is 4.79 Å². The molecule has 16 heavy (non-hydrogen) atoms. The van der Waals surface area contributed by atoms with E-state index >= 15 is 0 Å². The lowest BCUT2D eigenvalue weighted by Crippen LogP contribution is -2.61. The minimum absolute atomic E-state index is 0.0593. The molecule has 1 aromatic rings. The van der Waals surface area contributed by atoms with Crippen LogP contribution in [-0.2, 0) is 0 Å². The number of hydrogen-bond acceptors (Lipinski definition) is 3. The van der Waals surface area contributed by atoms with E-state index in [4.69, 9.17) is 0 Å². The molecule has 1 aliphatic carbocycles. The van der Waals surface area contributed by atoms with E-state index in [9.17, 15) is 9.90 Å². The second kappa shape index (κ2) is 4.13. The third-order valence-electron chi connectivity index (χ3n) is 3.34. The summed E-state index contributed by atoms with van der Waals surface area (Å²) in [5.74, 6) is -0.0631. The molecule has 1 aromatic heterocycles. The maximum atomic E-state index is 11.9. The van der Waals surface area contributed by atoms with E-state index in [2.05, 4.69) is 21.2 Å². The molecule has 0 aromatic carbocycles. The maximum Gasteiger partial charge on any atom is 0.262 e. The quantitative estimate of drug-likeness (QED) is 0.881. The fraction of sp³-hybridized carbons (Fsp3) is 0.545. The van der Waals surface area contributed by atoms with Crippen LogP contribution in [0.15, 0.2) is 15.9 Å². The Labute approximate surface area is 107 Å². The predicted octanol–water partition coefficient (Wildman–Crippen LogP) is 2.40. The summed E-state index contributed by atoms with van der Waals surface area (Å²) >= 11 is 4.75. The highest BCUT2D eigenvalue weighted by molar-refractivity contribution is 9.10. The average Bonchev–Trinajstić information content (AvgIpc) is 2.64. The highest BCUT2D eigenvalue weighted by Gasteiger charge is 2.48. The lowest BCUT2D eigenvalue weighted by atomic mass is 9.64. The Bertz CT molecular complexity index is 416. The van der Waals surface area contributed by atoms with Crippen molar-refractivity contribution in [1.29, 1.82) is 0 Å². The van der Waals surface area contributed by atoms with Crippen molar-refractivity contribution in [3.63, 3.8) is 0 Å². The molecule has 88 valence electrons. The van der Waals surface area contributed by atoms with Gasteiger partial charge in [0.05, 0.1) is 6.10 Å².